The molecule has 0 saturated carbocycles. The third-order valence-corrected chi connectivity index (χ3v) is 7.04. The van der Waals surface area contributed by atoms with Crippen molar-refractivity contribution in [1.29, 1.82) is 0 Å². The van der Waals surface area contributed by atoms with E-state index in [1.165, 1.54) is 5.56 Å². The number of imidazole rings is 1. The monoisotopic (exact) mass is 514 g/mol. The molecule has 1 amide bonds. The highest BCUT2D eigenvalue weighted by molar-refractivity contribution is 5.96. The van der Waals surface area contributed by atoms with Crippen molar-refractivity contribution in [2.24, 2.45) is 4.99 Å². The molecule has 4 heterocycles. The van der Waals surface area contributed by atoms with E-state index in [4.69, 9.17) is 4.74 Å². The van der Waals surface area contributed by atoms with E-state index >= 15 is 0 Å². The maximum atomic E-state index is 13.3. The van der Waals surface area contributed by atoms with Crippen molar-refractivity contribution in [3.8, 4) is 17.0 Å². The number of aliphatic hydroxyl groups is 1. The number of fused-ring (bicyclic) bond motifs is 1. The van der Waals surface area contributed by atoms with Crippen LogP contribution >= 0.6 is 0 Å². The van der Waals surface area contributed by atoms with E-state index in [-0.39, 0.29) is 6.54 Å². The normalized spacial score (nSPS) is 15.8. The van der Waals surface area contributed by atoms with Crippen molar-refractivity contribution in [1.82, 2.24) is 24.4 Å². The number of rotatable bonds is 6. The van der Waals surface area contributed by atoms with Gasteiger partial charge in [0, 0.05) is 24.2 Å². The van der Waals surface area contributed by atoms with Crippen LogP contribution in [0.5, 0.6) is 5.75 Å². The van der Waals surface area contributed by atoms with Gasteiger partial charge in [0.15, 0.2) is 0 Å². The SMILES string of the molecule is COc1ccncc1-c1cc(C(=O)/N=c2\[nH]c3cc(C4CCN(C)CC4)ccc3n2CC(C)(C)O)ccn1. The lowest BCUT2D eigenvalue weighted by Gasteiger charge is -2.29. The summed E-state index contributed by atoms with van der Waals surface area (Å²) in [4.78, 5) is 32.1. The number of ether oxygens (including phenoxy) is 1. The van der Waals surface area contributed by atoms with Gasteiger partial charge in [-0.25, -0.2) is 0 Å². The van der Waals surface area contributed by atoms with Crippen molar-refractivity contribution < 1.29 is 14.6 Å². The van der Waals surface area contributed by atoms with Gasteiger partial charge in [0.1, 0.15) is 5.75 Å². The number of nitrogens with zero attached hydrogens (tertiary/aromatic N) is 5. The van der Waals surface area contributed by atoms with Crippen molar-refractivity contribution in [2.45, 2.75) is 44.8 Å². The van der Waals surface area contributed by atoms with Crippen molar-refractivity contribution in [3.63, 3.8) is 0 Å². The number of piperidine rings is 1. The molecule has 9 heteroatoms. The first kappa shape index (κ1) is 25.8. The number of benzene rings is 1. The van der Waals surface area contributed by atoms with E-state index < -0.39 is 11.5 Å². The van der Waals surface area contributed by atoms with Gasteiger partial charge in [-0.05, 0) is 88.6 Å². The average molecular weight is 515 g/mol. The summed E-state index contributed by atoms with van der Waals surface area (Å²) in [5, 5.41) is 10.6. The Morgan fingerprint density at radius 2 is 1.97 bits per heavy atom. The van der Waals surface area contributed by atoms with Crippen LogP contribution in [0.25, 0.3) is 22.3 Å². The molecule has 0 atom stereocenters. The molecule has 1 aromatic carbocycles. The Hall–Kier alpha value is -3.82. The van der Waals surface area contributed by atoms with Gasteiger partial charge in [-0.1, -0.05) is 6.07 Å². The molecule has 3 aromatic heterocycles. The molecule has 0 spiro atoms. The molecular formula is C29H34N6O3. The molecule has 0 aliphatic carbocycles. The minimum absolute atomic E-state index is 0.279. The van der Waals surface area contributed by atoms with Crippen molar-refractivity contribution in [2.75, 3.05) is 27.2 Å². The number of hydrogen-bond acceptors (Lipinski definition) is 6. The Morgan fingerprint density at radius 3 is 2.71 bits per heavy atom. The van der Waals surface area contributed by atoms with Gasteiger partial charge in [-0.15, -0.1) is 0 Å². The van der Waals surface area contributed by atoms with E-state index in [2.05, 4.69) is 50.1 Å². The summed E-state index contributed by atoms with van der Waals surface area (Å²) in [5.41, 5.74) is 4.11. The molecule has 0 bridgehead atoms. The molecule has 1 fully saturated rings. The van der Waals surface area contributed by atoms with Gasteiger partial charge in [0.25, 0.3) is 5.91 Å². The molecule has 1 aliphatic rings. The summed E-state index contributed by atoms with van der Waals surface area (Å²) < 4.78 is 7.30. The van der Waals surface area contributed by atoms with Crippen LogP contribution in [0, 0.1) is 0 Å². The first-order valence-corrected chi connectivity index (χ1v) is 12.9. The van der Waals surface area contributed by atoms with E-state index in [1.807, 2.05) is 4.57 Å². The zero-order chi connectivity index (χ0) is 26.9. The molecule has 9 nitrogen and oxygen atoms in total. The number of pyridine rings is 2. The lowest BCUT2D eigenvalue weighted by atomic mass is 9.89. The lowest BCUT2D eigenvalue weighted by molar-refractivity contribution is 0.0612. The molecular weight excluding hydrogens is 480 g/mol. The van der Waals surface area contributed by atoms with Crippen LogP contribution in [0.1, 0.15) is 48.5 Å². The zero-order valence-corrected chi connectivity index (χ0v) is 22.3. The minimum atomic E-state index is -1.000. The molecule has 198 valence electrons. The number of aromatic amines is 1. The minimum Gasteiger partial charge on any atom is -0.496 e. The van der Waals surface area contributed by atoms with Crippen LogP contribution in [0.4, 0.5) is 0 Å². The fraction of sp³-hybridized carbons (Fsp3) is 0.379. The van der Waals surface area contributed by atoms with E-state index in [0.717, 1.165) is 37.0 Å². The summed E-state index contributed by atoms with van der Waals surface area (Å²) in [5.74, 6) is 0.708. The van der Waals surface area contributed by atoms with Gasteiger partial charge < -0.3 is 24.3 Å². The van der Waals surface area contributed by atoms with Gasteiger partial charge >= 0.3 is 0 Å². The highest BCUT2D eigenvalue weighted by atomic mass is 16.5. The summed E-state index contributed by atoms with van der Waals surface area (Å²) >= 11 is 0. The maximum Gasteiger partial charge on any atom is 0.280 e. The quantitative estimate of drug-likeness (QED) is 0.406. The third-order valence-electron chi connectivity index (χ3n) is 7.04. The fourth-order valence-corrected chi connectivity index (χ4v) is 5.05. The largest absolute Gasteiger partial charge is 0.496 e. The zero-order valence-electron chi connectivity index (χ0n) is 22.3. The number of likely N-dealkylation sites (tertiary alicyclic amines) is 1. The standard InChI is InChI=1S/C29H34N6O3/c1-29(2,37)18-35-25-6-5-20(19-9-13-34(3)14-10-19)15-24(25)32-28(35)33-27(36)21-7-12-31-23(16-21)22-17-30-11-8-26(22)38-4/h5-8,11-12,15-17,19,37H,9-10,13-14,18H2,1-4H3,(H,32,33,36). The highest BCUT2D eigenvalue weighted by Crippen LogP contribution is 2.30. The number of amides is 1. The second kappa shape index (κ2) is 10.5. The fourth-order valence-electron chi connectivity index (χ4n) is 5.05. The molecule has 1 saturated heterocycles. The Labute approximate surface area is 221 Å². The molecule has 1 aliphatic heterocycles. The summed E-state index contributed by atoms with van der Waals surface area (Å²) in [6.07, 6.45) is 7.11. The van der Waals surface area contributed by atoms with Crippen molar-refractivity contribution >= 4 is 16.9 Å². The average Bonchev–Trinajstić information content (AvgIpc) is 3.23. The summed E-state index contributed by atoms with van der Waals surface area (Å²) in [6, 6.07) is 11.5. The number of H-pyrrole nitrogens is 1. The third kappa shape index (κ3) is 5.54. The molecule has 4 aromatic rings. The predicted octanol–water partition coefficient (Wildman–Crippen LogP) is 3.76. The second-order valence-corrected chi connectivity index (χ2v) is 10.6. The van der Waals surface area contributed by atoms with Crippen LogP contribution < -0.4 is 10.4 Å². The van der Waals surface area contributed by atoms with Crippen LogP contribution in [-0.2, 0) is 6.54 Å². The van der Waals surface area contributed by atoms with E-state index in [9.17, 15) is 9.90 Å². The Bertz CT molecular complexity index is 1520. The number of aromatic nitrogens is 4. The van der Waals surface area contributed by atoms with Gasteiger partial charge in [0.05, 0.1) is 41.5 Å². The highest BCUT2D eigenvalue weighted by Gasteiger charge is 2.21. The van der Waals surface area contributed by atoms with Crippen LogP contribution in [0.2, 0.25) is 0 Å². The van der Waals surface area contributed by atoms with E-state index in [0.29, 0.717) is 34.1 Å². The van der Waals surface area contributed by atoms with Crippen molar-refractivity contribution in [3.05, 3.63) is 71.7 Å². The first-order chi connectivity index (χ1) is 18.2. The van der Waals surface area contributed by atoms with Gasteiger partial charge in [-0.3, -0.25) is 14.8 Å². The Balaban J connectivity index is 1.54. The molecule has 5 rings (SSSR count). The molecule has 0 unspecified atom stereocenters. The smallest absolute Gasteiger partial charge is 0.280 e. The predicted molar refractivity (Wildman–Crippen MR) is 146 cm³/mol. The molecule has 0 radical (unpaired) electrons. The molecule has 2 N–H and O–H groups in total. The summed E-state index contributed by atoms with van der Waals surface area (Å²) in [7, 11) is 3.74. The second-order valence-electron chi connectivity index (χ2n) is 10.6. The van der Waals surface area contributed by atoms with Gasteiger partial charge in [-0.2, -0.15) is 4.99 Å². The first-order valence-electron chi connectivity index (χ1n) is 12.9. The number of carbonyl (C=O) groups is 1. The lowest BCUT2D eigenvalue weighted by Crippen LogP contribution is -2.32. The summed E-state index contributed by atoms with van der Waals surface area (Å²) in [6.45, 7) is 5.93. The van der Waals surface area contributed by atoms with Crippen LogP contribution in [0.15, 0.2) is 60.0 Å². The number of nitrogens with one attached hydrogen (secondary N) is 1. The maximum absolute atomic E-state index is 13.3. The van der Waals surface area contributed by atoms with Crippen LogP contribution in [0.3, 0.4) is 0 Å². The van der Waals surface area contributed by atoms with E-state index in [1.54, 1.807) is 57.7 Å². The van der Waals surface area contributed by atoms with Crippen LogP contribution in [-0.4, -0.2) is 68.3 Å². The molecule has 38 heavy (non-hydrogen) atoms. The Morgan fingerprint density at radius 1 is 1.18 bits per heavy atom. The number of hydrogen-bond donors (Lipinski definition) is 2. The number of methoxy groups -OCH3 is 1. The topological polar surface area (TPSA) is 109 Å². The Kier molecular flexibility index (Phi) is 7.14. The van der Waals surface area contributed by atoms with Gasteiger partial charge in [0.2, 0.25) is 5.62 Å². The number of carbonyl (C=O) groups excluding carboxylic acids is 1.